The summed E-state index contributed by atoms with van der Waals surface area (Å²) in [6.07, 6.45) is 25.8. The quantitative estimate of drug-likeness (QED) is 0.152. The lowest BCUT2D eigenvalue weighted by molar-refractivity contribution is 0.253. The standard InChI is InChI=1S/C28H59N/c1-6-7-8-9-10-11-12-13-14-19-24-29(25-20-15-17-22-27(2)3)26-21-16-18-23-28(4)5/h27-28H,6-26H2,1-5H3. The minimum absolute atomic E-state index is 0.874. The Labute approximate surface area is 186 Å². The summed E-state index contributed by atoms with van der Waals surface area (Å²) in [5.74, 6) is 1.75. The van der Waals surface area contributed by atoms with Gasteiger partial charge in [0.15, 0.2) is 0 Å². The van der Waals surface area contributed by atoms with Crippen LogP contribution in [-0.4, -0.2) is 24.5 Å². The van der Waals surface area contributed by atoms with Gasteiger partial charge in [0, 0.05) is 0 Å². The first-order valence-electron chi connectivity index (χ1n) is 13.8. The van der Waals surface area contributed by atoms with Crippen LogP contribution >= 0.6 is 0 Å². The molecule has 0 aromatic heterocycles. The largest absolute Gasteiger partial charge is 0.303 e. The molecule has 0 aromatic rings. The topological polar surface area (TPSA) is 3.24 Å². The fourth-order valence-corrected chi connectivity index (χ4v) is 4.29. The Kier molecular flexibility index (Phi) is 22.6. The third-order valence-electron chi connectivity index (χ3n) is 6.34. The van der Waals surface area contributed by atoms with Crippen LogP contribution in [0.2, 0.25) is 0 Å². The highest BCUT2D eigenvalue weighted by Crippen LogP contribution is 2.13. The molecule has 1 heteroatoms. The molecule has 0 radical (unpaired) electrons. The molecule has 0 aliphatic carbocycles. The zero-order valence-corrected chi connectivity index (χ0v) is 21.5. The van der Waals surface area contributed by atoms with Crippen molar-refractivity contribution in [3.63, 3.8) is 0 Å². The van der Waals surface area contributed by atoms with E-state index < -0.39 is 0 Å². The molecule has 0 aliphatic heterocycles. The van der Waals surface area contributed by atoms with Gasteiger partial charge in [-0.25, -0.2) is 0 Å². The Bertz CT molecular complexity index is 279. The Morgan fingerprint density at radius 2 is 0.724 bits per heavy atom. The first-order chi connectivity index (χ1) is 14.1. The molecule has 0 amide bonds. The Morgan fingerprint density at radius 1 is 0.414 bits per heavy atom. The van der Waals surface area contributed by atoms with Gasteiger partial charge in [0.1, 0.15) is 0 Å². The first kappa shape index (κ1) is 29.0. The summed E-state index contributed by atoms with van der Waals surface area (Å²) in [5.41, 5.74) is 0. The summed E-state index contributed by atoms with van der Waals surface area (Å²) < 4.78 is 0. The molecule has 0 bridgehead atoms. The highest BCUT2D eigenvalue weighted by molar-refractivity contribution is 4.61. The van der Waals surface area contributed by atoms with Gasteiger partial charge in [0.05, 0.1) is 0 Å². The van der Waals surface area contributed by atoms with Gasteiger partial charge in [0.2, 0.25) is 0 Å². The van der Waals surface area contributed by atoms with Crippen molar-refractivity contribution in [3.8, 4) is 0 Å². The average molecular weight is 410 g/mol. The van der Waals surface area contributed by atoms with Crippen LogP contribution in [0.4, 0.5) is 0 Å². The van der Waals surface area contributed by atoms with E-state index in [1.807, 2.05) is 0 Å². The van der Waals surface area contributed by atoms with E-state index in [0.717, 1.165) is 11.8 Å². The Morgan fingerprint density at radius 3 is 1.07 bits per heavy atom. The molecule has 0 aliphatic rings. The monoisotopic (exact) mass is 409 g/mol. The average Bonchev–Trinajstić information content (AvgIpc) is 2.67. The number of hydrogen-bond donors (Lipinski definition) is 0. The second kappa shape index (κ2) is 22.6. The van der Waals surface area contributed by atoms with Crippen molar-refractivity contribution in [1.82, 2.24) is 4.90 Å². The van der Waals surface area contributed by atoms with Crippen molar-refractivity contribution in [1.29, 1.82) is 0 Å². The van der Waals surface area contributed by atoms with Crippen molar-refractivity contribution >= 4 is 0 Å². The fourth-order valence-electron chi connectivity index (χ4n) is 4.29. The molecule has 0 rings (SSSR count). The van der Waals surface area contributed by atoms with E-state index in [2.05, 4.69) is 39.5 Å². The molecule has 0 saturated heterocycles. The van der Waals surface area contributed by atoms with Crippen LogP contribution in [-0.2, 0) is 0 Å². The summed E-state index contributed by atoms with van der Waals surface area (Å²) >= 11 is 0. The predicted molar refractivity (Wildman–Crippen MR) is 135 cm³/mol. The van der Waals surface area contributed by atoms with E-state index in [1.165, 1.54) is 135 Å². The molecule has 0 fully saturated rings. The van der Waals surface area contributed by atoms with Crippen molar-refractivity contribution in [2.24, 2.45) is 11.8 Å². The van der Waals surface area contributed by atoms with Gasteiger partial charge in [-0.05, 0) is 50.7 Å². The number of hydrogen-bond acceptors (Lipinski definition) is 1. The molecule has 0 unspecified atom stereocenters. The molecule has 0 N–H and O–H groups in total. The van der Waals surface area contributed by atoms with Crippen molar-refractivity contribution in [2.45, 2.75) is 150 Å². The first-order valence-corrected chi connectivity index (χ1v) is 13.8. The van der Waals surface area contributed by atoms with E-state index >= 15 is 0 Å². The lowest BCUT2D eigenvalue weighted by Crippen LogP contribution is -2.27. The highest BCUT2D eigenvalue weighted by Gasteiger charge is 2.05. The molecule has 1 nitrogen and oxygen atoms in total. The van der Waals surface area contributed by atoms with E-state index in [9.17, 15) is 0 Å². The zero-order valence-electron chi connectivity index (χ0n) is 21.5. The molecule has 0 saturated carbocycles. The van der Waals surface area contributed by atoms with Crippen LogP contribution in [0, 0.1) is 11.8 Å². The summed E-state index contributed by atoms with van der Waals surface area (Å²) in [6.45, 7) is 15.8. The van der Waals surface area contributed by atoms with E-state index in [0.29, 0.717) is 0 Å². The summed E-state index contributed by atoms with van der Waals surface area (Å²) in [6, 6.07) is 0. The SMILES string of the molecule is CCCCCCCCCCCCN(CCCCCC(C)C)CCCCCC(C)C. The van der Waals surface area contributed by atoms with Crippen LogP contribution in [0.25, 0.3) is 0 Å². The minimum Gasteiger partial charge on any atom is -0.303 e. The van der Waals surface area contributed by atoms with Crippen molar-refractivity contribution < 1.29 is 0 Å². The number of rotatable bonds is 23. The molecule has 0 spiro atoms. The van der Waals surface area contributed by atoms with Gasteiger partial charge >= 0.3 is 0 Å². The summed E-state index contributed by atoms with van der Waals surface area (Å²) in [5, 5.41) is 0. The molecule has 0 atom stereocenters. The molecular formula is C28H59N. The van der Waals surface area contributed by atoms with Gasteiger partial charge in [-0.1, -0.05) is 131 Å². The number of nitrogens with zero attached hydrogens (tertiary/aromatic N) is 1. The van der Waals surface area contributed by atoms with Crippen LogP contribution in [0.1, 0.15) is 150 Å². The van der Waals surface area contributed by atoms with Gasteiger partial charge in [0.25, 0.3) is 0 Å². The maximum absolute atomic E-state index is 2.80. The van der Waals surface area contributed by atoms with Crippen LogP contribution in [0.3, 0.4) is 0 Å². The van der Waals surface area contributed by atoms with Crippen LogP contribution in [0.5, 0.6) is 0 Å². The van der Waals surface area contributed by atoms with Crippen molar-refractivity contribution in [2.75, 3.05) is 19.6 Å². The summed E-state index contributed by atoms with van der Waals surface area (Å²) in [7, 11) is 0. The molecular weight excluding hydrogens is 350 g/mol. The number of unbranched alkanes of at least 4 members (excludes halogenated alkanes) is 13. The Hall–Kier alpha value is -0.0400. The van der Waals surface area contributed by atoms with Crippen molar-refractivity contribution in [3.05, 3.63) is 0 Å². The Balaban J connectivity index is 3.80. The zero-order chi connectivity index (χ0) is 21.6. The van der Waals surface area contributed by atoms with Crippen LogP contribution in [0.15, 0.2) is 0 Å². The maximum Gasteiger partial charge on any atom is -0.00187 e. The highest BCUT2D eigenvalue weighted by atomic mass is 15.1. The van der Waals surface area contributed by atoms with Gasteiger partial charge in [-0.2, -0.15) is 0 Å². The molecule has 29 heavy (non-hydrogen) atoms. The van der Waals surface area contributed by atoms with E-state index in [-0.39, 0.29) is 0 Å². The second-order valence-corrected chi connectivity index (χ2v) is 10.5. The normalized spacial score (nSPS) is 12.0. The van der Waals surface area contributed by atoms with Gasteiger partial charge < -0.3 is 4.90 Å². The fraction of sp³-hybridized carbons (Fsp3) is 1.00. The lowest BCUT2D eigenvalue weighted by Gasteiger charge is -2.22. The predicted octanol–water partition coefficient (Wildman–Crippen LogP) is 9.64. The third kappa shape index (κ3) is 24.1. The lowest BCUT2D eigenvalue weighted by atomic mass is 10.0. The second-order valence-electron chi connectivity index (χ2n) is 10.5. The van der Waals surface area contributed by atoms with E-state index in [1.54, 1.807) is 0 Å². The maximum atomic E-state index is 2.80. The van der Waals surface area contributed by atoms with Crippen LogP contribution < -0.4 is 0 Å². The molecule has 176 valence electrons. The summed E-state index contributed by atoms with van der Waals surface area (Å²) in [4.78, 5) is 2.80. The smallest absolute Gasteiger partial charge is 0.00187 e. The molecule has 0 heterocycles. The van der Waals surface area contributed by atoms with Gasteiger partial charge in [-0.3, -0.25) is 0 Å². The van der Waals surface area contributed by atoms with E-state index in [4.69, 9.17) is 0 Å². The third-order valence-corrected chi connectivity index (χ3v) is 6.34. The minimum atomic E-state index is 0.874. The molecule has 0 aromatic carbocycles. The van der Waals surface area contributed by atoms with Gasteiger partial charge in [-0.15, -0.1) is 0 Å².